The smallest absolute Gasteiger partial charge is 0.274 e. The number of rotatable bonds is 6. The molecule has 12 heteroatoms. The highest BCUT2D eigenvalue weighted by molar-refractivity contribution is 6.04. The number of nitrogens with zero attached hydrogens (tertiary/aromatic N) is 3. The summed E-state index contributed by atoms with van der Waals surface area (Å²) in [7, 11) is 0. The molecule has 0 aliphatic carbocycles. The number of piperidine rings is 1. The summed E-state index contributed by atoms with van der Waals surface area (Å²) in [6.45, 7) is 3.63. The van der Waals surface area contributed by atoms with Crippen LogP contribution in [0.1, 0.15) is 30.3 Å². The lowest BCUT2D eigenvalue weighted by atomic mass is 9.92. The van der Waals surface area contributed by atoms with Gasteiger partial charge in [0, 0.05) is 50.0 Å². The molecule has 2 aliphatic rings. The van der Waals surface area contributed by atoms with Crippen molar-refractivity contribution in [2.24, 2.45) is 11.7 Å². The van der Waals surface area contributed by atoms with Crippen LogP contribution in [-0.2, 0) is 4.74 Å². The van der Waals surface area contributed by atoms with Crippen molar-refractivity contribution in [1.29, 1.82) is 0 Å². The van der Waals surface area contributed by atoms with Crippen LogP contribution in [0.25, 0.3) is 11.3 Å². The summed E-state index contributed by atoms with van der Waals surface area (Å²) in [5.74, 6) is -4.05. The Morgan fingerprint density at radius 1 is 1.18 bits per heavy atom. The SMILES string of the molecule is C[C@H]1CN(c2ccncc2NC(=O)c2ccc(F)c(-c3c(F)cc(OC4CCCOC4)cc3F)n2)C[C@@H](N)[C@@H]1O. The zero-order valence-electron chi connectivity index (χ0n) is 21.8. The Hall–Kier alpha value is -3.74. The van der Waals surface area contributed by atoms with Crippen LogP contribution in [0.3, 0.4) is 0 Å². The van der Waals surface area contributed by atoms with Gasteiger partial charge >= 0.3 is 0 Å². The number of ether oxygens (including phenoxy) is 2. The van der Waals surface area contributed by atoms with Crippen LogP contribution in [0, 0.1) is 23.4 Å². The summed E-state index contributed by atoms with van der Waals surface area (Å²) in [6.07, 6.45) is 3.45. The molecule has 9 nitrogen and oxygen atoms in total. The van der Waals surface area contributed by atoms with Gasteiger partial charge in [-0.1, -0.05) is 6.92 Å². The minimum atomic E-state index is -1.08. The molecule has 2 aliphatic heterocycles. The maximum atomic E-state index is 15.1. The van der Waals surface area contributed by atoms with E-state index in [2.05, 4.69) is 15.3 Å². The van der Waals surface area contributed by atoms with Crippen LogP contribution in [-0.4, -0.2) is 65.5 Å². The minimum absolute atomic E-state index is 0.0491. The second-order valence-corrected chi connectivity index (χ2v) is 10.1. The number of hydrogen-bond acceptors (Lipinski definition) is 8. The molecular weight excluding hydrogens is 527 g/mol. The number of aliphatic hydroxyl groups is 1. The Labute approximate surface area is 229 Å². The quantitative estimate of drug-likeness (QED) is 0.421. The van der Waals surface area contributed by atoms with E-state index in [4.69, 9.17) is 15.2 Å². The monoisotopic (exact) mass is 557 g/mol. The number of hydrogen-bond donors (Lipinski definition) is 3. The summed E-state index contributed by atoms with van der Waals surface area (Å²) >= 11 is 0. The second-order valence-electron chi connectivity index (χ2n) is 10.1. The largest absolute Gasteiger partial charge is 0.488 e. The van der Waals surface area contributed by atoms with E-state index in [1.54, 1.807) is 12.3 Å². The normalized spacial score (nSPS) is 23.1. The summed E-state index contributed by atoms with van der Waals surface area (Å²) in [6, 6.07) is 5.18. The third kappa shape index (κ3) is 5.88. The Morgan fingerprint density at radius 2 is 1.95 bits per heavy atom. The van der Waals surface area contributed by atoms with Gasteiger partial charge in [-0.25, -0.2) is 18.2 Å². The van der Waals surface area contributed by atoms with E-state index in [-0.39, 0.29) is 23.5 Å². The van der Waals surface area contributed by atoms with Crippen LogP contribution >= 0.6 is 0 Å². The third-order valence-electron chi connectivity index (χ3n) is 7.10. The predicted molar refractivity (Wildman–Crippen MR) is 142 cm³/mol. The van der Waals surface area contributed by atoms with E-state index in [9.17, 15) is 14.3 Å². The minimum Gasteiger partial charge on any atom is -0.488 e. The molecule has 40 heavy (non-hydrogen) atoms. The second kappa shape index (κ2) is 11.8. The van der Waals surface area contributed by atoms with Gasteiger partial charge in [0.05, 0.1) is 35.8 Å². The van der Waals surface area contributed by atoms with Gasteiger partial charge in [-0.15, -0.1) is 0 Å². The number of carbonyl (C=O) groups is 1. The average molecular weight is 558 g/mol. The number of halogens is 3. The summed E-state index contributed by atoms with van der Waals surface area (Å²) < 4.78 is 55.8. The van der Waals surface area contributed by atoms with Crippen molar-refractivity contribution in [2.75, 3.05) is 36.5 Å². The highest BCUT2D eigenvalue weighted by Crippen LogP contribution is 2.33. The number of nitrogens with one attached hydrogen (secondary N) is 1. The molecule has 0 saturated carbocycles. The Morgan fingerprint density at radius 3 is 2.65 bits per heavy atom. The van der Waals surface area contributed by atoms with E-state index in [0.717, 1.165) is 30.7 Å². The average Bonchev–Trinajstić information content (AvgIpc) is 2.93. The standard InChI is InChI=1S/C28H30F3N5O4/c1-15-12-36(13-21(32)27(15)37)24-6-7-33-11-23(24)35-28(38)22-5-4-18(29)26(34-22)25-19(30)9-17(10-20(25)31)40-16-3-2-8-39-14-16/h4-7,9-11,15-16,21,27,37H,2-3,8,12-14,32H2,1H3,(H,35,38)/t15-,16?,21+,27+/m0/s1. The summed E-state index contributed by atoms with van der Waals surface area (Å²) in [5, 5.41) is 12.9. The Balaban J connectivity index is 1.38. The lowest BCUT2D eigenvalue weighted by Crippen LogP contribution is -2.55. The molecular formula is C28H30F3N5O4. The number of nitrogens with two attached hydrogens (primary N) is 1. The van der Waals surface area contributed by atoms with Crippen molar-refractivity contribution in [2.45, 2.75) is 38.0 Å². The molecule has 0 bridgehead atoms. The van der Waals surface area contributed by atoms with Crippen LogP contribution in [0.15, 0.2) is 42.7 Å². The van der Waals surface area contributed by atoms with Crippen molar-refractivity contribution in [3.63, 3.8) is 0 Å². The van der Waals surface area contributed by atoms with Gasteiger partial charge < -0.3 is 30.5 Å². The van der Waals surface area contributed by atoms with Gasteiger partial charge in [-0.05, 0) is 31.0 Å². The van der Waals surface area contributed by atoms with Crippen molar-refractivity contribution in [3.05, 3.63) is 65.9 Å². The van der Waals surface area contributed by atoms with E-state index in [0.29, 0.717) is 44.1 Å². The molecule has 0 radical (unpaired) electrons. The number of carbonyl (C=O) groups excluding carboxylic acids is 1. The van der Waals surface area contributed by atoms with Crippen LogP contribution in [0.2, 0.25) is 0 Å². The van der Waals surface area contributed by atoms with Gasteiger partial charge in [0.15, 0.2) is 0 Å². The van der Waals surface area contributed by atoms with Crippen molar-refractivity contribution >= 4 is 17.3 Å². The first kappa shape index (κ1) is 27.8. The molecule has 0 spiro atoms. The summed E-state index contributed by atoms with van der Waals surface area (Å²) in [4.78, 5) is 23.1. The fourth-order valence-corrected chi connectivity index (χ4v) is 5.04. The fourth-order valence-electron chi connectivity index (χ4n) is 5.04. The highest BCUT2D eigenvalue weighted by Gasteiger charge is 2.32. The van der Waals surface area contributed by atoms with E-state index in [1.807, 2.05) is 11.8 Å². The number of benzene rings is 1. The number of pyridine rings is 2. The van der Waals surface area contributed by atoms with Crippen LogP contribution < -0.4 is 20.7 Å². The first-order valence-electron chi connectivity index (χ1n) is 13.1. The third-order valence-corrected chi connectivity index (χ3v) is 7.10. The highest BCUT2D eigenvalue weighted by atomic mass is 19.1. The first-order valence-corrected chi connectivity index (χ1v) is 13.1. The molecule has 4 atom stereocenters. The van der Waals surface area contributed by atoms with E-state index >= 15 is 8.78 Å². The van der Waals surface area contributed by atoms with Gasteiger partial charge in [-0.3, -0.25) is 9.78 Å². The Bertz CT molecular complexity index is 1350. The molecule has 1 aromatic carbocycles. The van der Waals surface area contributed by atoms with E-state index < -0.39 is 46.8 Å². The number of anilines is 2. The Kier molecular flexibility index (Phi) is 8.19. The zero-order chi connectivity index (χ0) is 28.4. The van der Waals surface area contributed by atoms with Crippen molar-refractivity contribution in [1.82, 2.24) is 9.97 Å². The molecule has 2 aromatic heterocycles. The number of aliphatic hydroxyl groups excluding tert-OH is 1. The molecule has 1 unspecified atom stereocenters. The predicted octanol–water partition coefficient (Wildman–Crippen LogP) is 3.52. The fraction of sp³-hybridized carbons (Fsp3) is 0.393. The zero-order valence-corrected chi connectivity index (χ0v) is 21.8. The first-order chi connectivity index (χ1) is 19.2. The molecule has 4 N–H and O–H groups in total. The molecule has 4 heterocycles. The molecule has 5 rings (SSSR count). The van der Waals surface area contributed by atoms with Crippen LogP contribution in [0.5, 0.6) is 5.75 Å². The van der Waals surface area contributed by atoms with Gasteiger partial charge in [0.1, 0.15) is 40.7 Å². The topological polar surface area (TPSA) is 123 Å². The van der Waals surface area contributed by atoms with Crippen molar-refractivity contribution < 1.29 is 32.5 Å². The molecule has 212 valence electrons. The van der Waals surface area contributed by atoms with Crippen LogP contribution in [0.4, 0.5) is 24.5 Å². The number of amides is 1. The molecule has 2 fully saturated rings. The van der Waals surface area contributed by atoms with Gasteiger partial charge in [0.25, 0.3) is 5.91 Å². The maximum absolute atomic E-state index is 15.1. The van der Waals surface area contributed by atoms with Gasteiger partial charge in [-0.2, -0.15) is 0 Å². The van der Waals surface area contributed by atoms with Crippen molar-refractivity contribution in [3.8, 4) is 17.0 Å². The molecule has 2 saturated heterocycles. The summed E-state index contributed by atoms with van der Waals surface area (Å²) in [5.41, 5.74) is 5.43. The number of aromatic nitrogens is 2. The van der Waals surface area contributed by atoms with Gasteiger partial charge in [0.2, 0.25) is 0 Å². The molecule has 3 aromatic rings. The lowest BCUT2D eigenvalue weighted by molar-refractivity contribution is 0.00720. The lowest BCUT2D eigenvalue weighted by Gasteiger charge is -2.40. The van der Waals surface area contributed by atoms with E-state index in [1.165, 1.54) is 6.20 Å². The molecule has 1 amide bonds. The maximum Gasteiger partial charge on any atom is 0.274 e.